The van der Waals surface area contributed by atoms with Crippen molar-refractivity contribution >= 4 is 28.6 Å². The highest BCUT2D eigenvalue weighted by Crippen LogP contribution is 2.32. The van der Waals surface area contributed by atoms with Gasteiger partial charge in [-0.05, 0) is 50.3 Å². The zero-order valence-corrected chi connectivity index (χ0v) is 16.4. The average Bonchev–Trinajstić information content (AvgIpc) is 2.68. The van der Waals surface area contributed by atoms with Crippen molar-refractivity contribution in [1.82, 2.24) is 15.3 Å². The Morgan fingerprint density at radius 2 is 1.93 bits per heavy atom. The molecule has 0 saturated carbocycles. The minimum Gasteiger partial charge on any atom is -0.348 e. The van der Waals surface area contributed by atoms with Crippen molar-refractivity contribution in [1.29, 1.82) is 0 Å². The first-order valence-corrected chi connectivity index (χ1v) is 10.3. The second-order valence-corrected chi connectivity index (χ2v) is 8.33. The smallest absolute Gasteiger partial charge is 0.233 e. The number of aryl methyl sites for hydroxylation is 2. The summed E-state index contributed by atoms with van der Waals surface area (Å²) in [6, 6.07) is 16.5. The largest absolute Gasteiger partial charge is 0.348 e. The zero-order chi connectivity index (χ0) is 18.8. The van der Waals surface area contributed by atoms with Gasteiger partial charge < -0.3 is 5.32 Å². The molecule has 0 unspecified atom stereocenters. The van der Waals surface area contributed by atoms with E-state index in [1.165, 1.54) is 22.9 Å². The van der Waals surface area contributed by atoms with Gasteiger partial charge in [0.1, 0.15) is 10.9 Å². The molecule has 27 heavy (non-hydrogen) atoms. The third-order valence-corrected chi connectivity index (χ3v) is 6.13. The second kappa shape index (κ2) is 7.69. The lowest BCUT2D eigenvalue weighted by atomic mass is 9.88. The van der Waals surface area contributed by atoms with Crippen molar-refractivity contribution in [2.24, 2.45) is 0 Å². The second-order valence-electron chi connectivity index (χ2n) is 7.01. The molecule has 2 atom stereocenters. The van der Waals surface area contributed by atoms with E-state index in [9.17, 15) is 4.79 Å². The third kappa shape index (κ3) is 3.83. The topological polar surface area (TPSA) is 54.9 Å². The molecule has 2 aromatic carbocycles. The highest BCUT2D eigenvalue weighted by atomic mass is 32.2. The van der Waals surface area contributed by atoms with Crippen molar-refractivity contribution < 1.29 is 4.79 Å². The highest BCUT2D eigenvalue weighted by molar-refractivity contribution is 8.00. The van der Waals surface area contributed by atoms with Gasteiger partial charge in [0.05, 0.1) is 16.8 Å². The molecule has 1 aromatic heterocycles. The first-order chi connectivity index (χ1) is 13.1. The SMILES string of the molecule is Cc1nc(S[C@@H](C)C(=O)N[C@@H]2CCCc3ccccc32)c2ccccc2n1. The quantitative estimate of drug-likeness (QED) is 0.533. The first-order valence-electron chi connectivity index (χ1n) is 9.40. The molecular weight excluding hydrogens is 354 g/mol. The van der Waals surface area contributed by atoms with Gasteiger partial charge in [0.15, 0.2) is 0 Å². The number of rotatable bonds is 4. The Bertz CT molecular complexity index is 988. The summed E-state index contributed by atoms with van der Waals surface area (Å²) in [6.07, 6.45) is 3.20. The van der Waals surface area contributed by atoms with E-state index >= 15 is 0 Å². The van der Waals surface area contributed by atoms with Gasteiger partial charge in [-0.25, -0.2) is 9.97 Å². The molecule has 0 bridgehead atoms. The number of nitrogens with zero attached hydrogens (tertiary/aromatic N) is 2. The molecule has 0 saturated heterocycles. The lowest BCUT2D eigenvalue weighted by Gasteiger charge is -2.27. The van der Waals surface area contributed by atoms with E-state index in [-0.39, 0.29) is 17.2 Å². The highest BCUT2D eigenvalue weighted by Gasteiger charge is 2.24. The maximum atomic E-state index is 12.9. The summed E-state index contributed by atoms with van der Waals surface area (Å²) in [5, 5.41) is 4.89. The van der Waals surface area contributed by atoms with Gasteiger partial charge in [-0.1, -0.05) is 54.2 Å². The lowest BCUT2D eigenvalue weighted by Crippen LogP contribution is -2.35. The fourth-order valence-corrected chi connectivity index (χ4v) is 4.66. The summed E-state index contributed by atoms with van der Waals surface area (Å²) in [6.45, 7) is 3.83. The molecule has 0 aliphatic heterocycles. The normalized spacial score (nSPS) is 17.3. The van der Waals surface area contributed by atoms with Crippen LogP contribution in [0, 0.1) is 6.92 Å². The number of amides is 1. The minimum absolute atomic E-state index is 0.0575. The van der Waals surface area contributed by atoms with Crippen LogP contribution in [0.5, 0.6) is 0 Å². The predicted molar refractivity (Wildman–Crippen MR) is 110 cm³/mol. The average molecular weight is 378 g/mol. The van der Waals surface area contributed by atoms with Crippen LogP contribution >= 0.6 is 11.8 Å². The molecule has 4 nitrogen and oxygen atoms in total. The van der Waals surface area contributed by atoms with E-state index in [0.717, 1.165) is 41.0 Å². The Hall–Kier alpha value is -2.40. The van der Waals surface area contributed by atoms with Gasteiger partial charge in [0, 0.05) is 5.39 Å². The van der Waals surface area contributed by atoms with Crippen LogP contribution in [-0.4, -0.2) is 21.1 Å². The van der Waals surface area contributed by atoms with Crippen molar-refractivity contribution in [3.05, 3.63) is 65.5 Å². The molecule has 1 heterocycles. The molecule has 5 heteroatoms. The summed E-state index contributed by atoms with van der Waals surface area (Å²) < 4.78 is 0. The number of hydrogen-bond donors (Lipinski definition) is 1. The van der Waals surface area contributed by atoms with Crippen molar-refractivity contribution in [3.63, 3.8) is 0 Å². The molecule has 0 radical (unpaired) electrons. The molecule has 1 N–H and O–H groups in total. The molecule has 138 valence electrons. The third-order valence-electron chi connectivity index (χ3n) is 5.02. The number of thioether (sulfide) groups is 1. The van der Waals surface area contributed by atoms with Gasteiger partial charge in [-0.2, -0.15) is 0 Å². The van der Waals surface area contributed by atoms with Gasteiger partial charge in [-0.15, -0.1) is 0 Å². The molecule has 0 fully saturated rings. The van der Waals surface area contributed by atoms with Crippen LogP contribution in [0.15, 0.2) is 53.6 Å². The fourth-order valence-electron chi connectivity index (χ4n) is 3.66. The maximum Gasteiger partial charge on any atom is 0.233 e. The molecule has 0 spiro atoms. The summed E-state index contributed by atoms with van der Waals surface area (Å²) in [5.74, 6) is 0.784. The van der Waals surface area contributed by atoms with Crippen molar-refractivity contribution in [2.75, 3.05) is 0 Å². The number of carbonyl (C=O) groups is 1. The summed E-state index contributed by atoms with van der Waals surface area (Å²) in [7, 11) is 0. The van der Waals surface area contributed by atoms with Gasteiger partial charge in [-0.3, -0.25) is 4.79 Å². The Morgan fingerprint density at radius 3 is 2.81 bits per heavy atom. The number of fused-ring (bicyclic) bond motifs is 2. The summed E-state index contributed by atoms with van der Waals surface area (Å²) >= 11 is 1.50. The van der Waals surface area contributed by atoms with Crippen LogP contribution in [0.25, 0.3) is 10.9 Å². The lowest BCUT2D eigenvalue weighted by molar-refractivity contribution is -0.121. The Morgan fingerprint density at radius 1 is 1.15 bits per heavy atom. The van der Waals surface area contributed by atoms with E-state index in [1.54, 1.807) is 0 Å². The van der Waals surface area contributed by atoms with Gasteiger partial charge >= 0.3 is 0 Å². The standard InChI is InChI=1S/C22H23N3OS/c1-14(27-22-18-11-5-6-12-20(18)23-15(2)24-22)21(26)25-19-13-7-9-16-8-3-4-10-17(16)19/h3-6,8,10-12,14,19H,7,9,13H2,1-2H3,(H,25,26)/t14-,19+/m0/s1. The number of benzene rings is 2. The molecule has 1 aliphatic rings. The first kappa shape index (κ1) is 18.0. The van der Waals surface area contributed by atoms with E-state index in [2.05, 4.69) is 39.6 Å². The monoisotopic (exact) mass is 377 g/mol. The van der Waals surface area contributed by atoms with E-state index in [0.29, 0.717) is 0 Å². The molecule has 4 rings (SSSR count). The molecule has 3 aromatic rings. The number of carbonyl (C=O) groups excluding carboxylic acids is 1. The van der Waals surface area contributed by atoms with Crippen LogP contribution in [0.3, 0.4) is 0 Å². The van der Waals surface area contributed by atoms with Gasteiger partial charge in [0.25, 0.3) is 0 Å². The summed E-state index contributed by atoms with van der Waals surface area (Å²) in [5.41, 5.74) is 3.53. The predicted octanol–water partition coefficient (Wildman–Crippen LogP) is 4.61. The Labute approximate surface area is 163 Å². The van der Waals surface area contributed by atoms with Crippen LogP contribution in [-0.2, 0) is 11.2 Å². The Balaban J connectivity index is 1.51. The van der Waals surface area contributed by atoms with Crippen LogP contribution < -0.4 is 5.32 Å². The fraction of sp³-hybridized carbons (Fsp3) is 0.318. The minimum atomic E-state index is -0.225. The molecule has 1 aliphatic carbocycles. The van der Waals surface area contributed by atoms with E-state index < -0.39 is 0 Å². The van der Waals surface area contributed by atoms with Crippen molar-refractivity contribution in [2.45, 2.75) is 49.4 Å². The number of nitrogens with one attached hydrogen (secondary N) is 1. The Kier molecular flexibility index (Phi) is 5.12. The summed E-state index contributed by atoms with van der Waals surface area (Å²) in [4.78, 5) is 21.9. The van der Waals surface area contributed by atoms with Crippen LogP contribution in [0.2, 0.25) is 0 Å². The zero-order valence-electron chi connectivity index (χ0n) is 15.6. The molecule has 1 amide bonds. The number of para-hydroxylation sites is 1. The van der Waals surface area contributed by atoms with E-state index in [4.69, 9.17) is 0 Å². The van der Waals surface area contributed by atoms with Crippen molar-refractivity contribution in [3.8, 4) is 0 Å². The molecular formula is C22H23N3OS. The number of hydrogen-bond acceptors (Lipinski definition) is 4. The van der Waals surface area contributed by atoms with Crippen LogP contribution in [0.4, 0.5) is 0 Å². The van der Waals surface area contributed by atoms with E-state index in [1.807, 2.05) is 38.1 Å². The maximum absolute atomic E-state index is 12.9. The van der Waals surface area contributed by atoms with Gasteiger partial charge in [0.2, 0.25) is 5.91 Å². The number of aromatic nitrogens is 2. The van der Waals surface area contributed by atoms with Crippen LogP contribution in [0.1, 0.15) is 42.8 Å².